The Hall–Kier alpha value is -4.02. The number of carboxylic acids is 1. The summed E-state index contributed by atoms with van der Waals surface area (Å²) < 4.78 is 48.3. The number of carbonyl (C=O) groups is 1. The van der Waals surface area contributed by atoms with Gasteiger partial charge in [0.25, 0.3) is 0 Å². The van der Waals surface area contributed by atoms with Gasteiger partial charge in [-0.2, -0.15) is 13.2 Å². The van der Waals surface area contributed by atoms with Crippen molar-refractivity contribution in [2.24, 2.45) is 0 Å². The summed E-state index contributed by atoms with van der Waals surface area (Å²) in [6, 6.07) is 13.7. The van der Waals surface area contributed by atoms with Gasteiger partial charge in [0.1, 0.15) is 11.5 Å². The number of hydrogen-bond acceptors (Lipinski definition) is 6. The normalized spacial score (nSPS) is 11.7. The number of hydrogen-bond donors (Lipinski definition) is 2. The number of methoxy groups -OCH3 is 2. The highest BCUT2D eigenvalue weighted by atomic mass is 19.4. The molecular weight excluding hydrogens is 467 g/mol. The van der Waals surface area contributed by atoms with E-state index in [2.05, 4.69) is 35.9 Å². The fraction of sp³-hybridized carbons (Fsp3) is 0.292. The second-order valence-electron chi connectivity index (χ2n) is 8.48. The van der Waals surface area contributed by atoms with Crippen LogP contribution in [-0.2, 0) is 10.2 Å². The van der Waals surface area contributed by atoms with Crippen molar-refractivity contribution in [3.8, 4) is 34.2 Å². The minimum Gasteiger partial charge on any atom is -0.496 e. The number of aromatic nitrogens is 3. The molecule has 186 valence electrons. The van der Waals surface area contributed by atoms with E-state index >= 15 is 0 Å². The Morgan fingerprint density at radius 1 is 1.03 bits per heavy atom. The summed E-state index contributed by atoms with van der Waals surface area (Å²) in [6.45, 7) is 6.29. The molecule has 2 aromatic heterocycles. The van der Waals surface area contributed by atoms with Gasteiger partial charge < -0.3 is 24.1 Å². The Kier molecular flexibility index (Phi) is 7.09. The average molecular weight is 491 g/mol. The fourth-order valence-electron chi connectivity index (χ4n) is 3.16. The number of ether oxygens (including phenoxy) is 2. The van der Waals surface area contributed by atoms with E-state index in [-0.39, 0.29) is 5.41 Å². The predicted molar refractivity (Wildman–Crippen MR) is 123 cm³/mol. The van der Waals surface area contributed by atoms with Crippen molar-refractivity contribution in [2.45, 2.75) is 32.4 Å². The van der Waals surface area contributed by atoms with Crippen LogP contribution in [0.4, 0.5) is 13.2 Å². The lowest BCUT2D eigenvalue weighted by Crippen LogP contribution is -2.21. The number of benzene rings is 2. The van der Waals surface area contributed by atoms with Crippen LogP contribution in [0.2, 0.25) is 0 Å². The molecule has 0 saturated heterocycles. The molecule has 2 N–H and O–H groups in total. The molecule has 0 unspecified atom stereocenters. The lowest BCUT2D eigenvalue weighted by molar-refractivity contribution is -0.192. The third-order valence-corrected chi connectivity index (χ3v) is 4.95. The molecule has 0 spiro atoms. The van der Waals surface area contributed by atoms with E-state index in [1.807, 2.05) is 42.5 Å². The summed E-state index contributed by atoms with van der Waals surface area (Å²) in [7, 11) is 3.31. The van der Waals surface area contributed by atoms with Gasteiger partial charge in [-0.3, -0.25) is 0 Å². The lowest BCUT2D eigenvalue weighted by Gasteiger charge is -2.13. The minimum atomic E-state index is -5.08. The molecule has 2 aromatic carbocycles. The smallest absolute Gasteiger partial charge is 0.490 e. The molecule has 0 atom stereocenters. The molecule has 35 heavy (non-hydrogen) atoms. The summed E-state index contributed by atoms with van der Waals surface area (Å²) in [6.07, 6.45) is -5.08. The number of halogens is 3. The van der Waals surface area contributed by atoms with E-state index in [1.165, 1.54) is 0 Å². The highest BCUT2D eigenvalue weighted by Crippen LogP contribution is 2.39. The molecule has 0 aliphatic heterocycles. The number of aliphatic carboxylic acids is 1. The number of alkyl halides is 3. The van der Waals surface area contributed by atoms with Crippen LogP contribution in [0.25, 0.3) is 33.7 Å². The van der Waals surface area contributed by atoms with E-state index in [0.717, 1.165) is 39.4 Å². The van der Waals surface area contributed by atoms with Crippen LogP contribution in [0.1, 0.15) is 26.5 Å². The standard InChI is InChI=1S/C22H23N3O3.C2HF3O2/c1-22(2,3)19-12-18(28-25-19)21-23-14-10-9-13(11-15(14)24-21)20-16(26-4)7-6-8-17(20)27-5;3-2(4,5)1(6)7/h6-12H,1-5H3,(H,23,24);(H,6,7). The molecule has 4 aromatic rings. The van der Waals surface area contributed by atoms with Crippen LogP contribution in [0.15, 0.2) is 47.0 Å². The monoisotopic (exact) mass is 491 g/mol. The fourth-order valence-corrected chi connectivity index (χ4v) is 3.16. The van der Waals surface area contributed by atoms with Crippen molar-refractivity contribution in [1.82, 2.24) is 15.1 Å². The predicted octanol–water partition coefficient (Wildman–Crippen LogP) is 5.83. The molecule has 8 nitrogen and oxygen atoms in total. The van der Waals surface area contributed by atoms with Crippen molar-refractivity contribution in [3.63, 3.8) is 0 Å². The Morgan fingerprint density at radius 3 is 2.11 bits per heavy atom. The van der Waals surface area contributed by atoms with Crippen molar-refractivity contribution in [1.29, 1.82) is 0 Å². The molecule has 0 fully saturated rings. The molecule has 2 heterocycles. The topological polar surface area (TPSA) is 110 Å². The number of fused-ring (bicyclic) bond motifs is 1. The van der Waals surface area contributed by atoms with Crippen molar-refractivity contribution in [2.75, 3.05) is 14.2 Å². The van der Waals surface area contributed by atoms with Crippen LogP contribution >= 0.6 is 0 Å². The molecule has 0 aliphatic carbocycles. The van der Waals surface area contributed by atoms with Gasteiger partial charge in [-0.1, -0.05) is 38.1 Å². The Morgan fingerprint density at radius 2 is 1.63 bits per heavy atom. The number of carboxylic acid groups (broad SMARTS) is 1. The number of nitrogens with one attached hydrogen (secondary N) is 1. The zero-order valence-electron chi connectivity index (χ0n) is 19.6. The summed E-state index contributed by atoms with van der Waals surface area (Å²) in [5.74, 6) is 0.0270. The van der Waals surface area contributed by atoms with Gasteiger partial charge in [-0.25, -0.2) is 9.78 Å². The lowest BCUT2D eigenvalue weighted by atomic mass is 9.92. The Labute approximate surface area is 198 Å². The zero-order chi connectivity index (χ0) is 26.0. The van der Waals surface area contributed by atoms with Crippen LogP contribution in [0.5, 0.6) is 11.5 Å². The summed E-state index contributed by atoms with van der Waals surface area (Å²) >= 11 is 0. The second kappa shape index (κ2) is 9.69. The Bertz CT molecular complexity index is 1310. The summed E-state index contributed by atoms with van der Waals surface area (Å²) in [5.41, 5.74) is 4.43. The maximum absolute atomic E-state index is 10.6. The average Bonchev–Trinajstić information content (AvgIpc) is 3.44. The van der Waals surface area contributed by atoms with Gasteiger partial charge in [0, 0.05) is 11.5 Å². The third-order valence-electron chi connectivity index (χ3n) is 4.95. The van der Waals surface area contributed by atoms with Gasteiger partial charge in [0.15, 0.2) is 5.82 Å². The van der Waals surface area contributed by atoms with Gasteiger partial charge in [-0.15, -0.1) is 0 Å². The maximum atomic E-state index is 10.6. The molecule has 4 rings (SSSR count). The van der Waals surface area contributed by atoms with E-state index in [1.54, 1.807) is 14.2 Å². The first-order valence-corrected chi connectivity index (χ1v) is 10.3. The number of nitrogens with zero attached hydrogens (tertiary/aromatic N) is 2. The SMILES string of the molecule is COc1cccc(OC)c1-c1ccc2nc(-c3cc(C(C)(C)C)no3)[nH]c2c1.O=C(O)C(F)(F)F. The molecule has 0 bridgehead atoms. The van der Waals surface area contributed by atoms with Crippen LogP contribution in [0, 0.1) is 0 Å². The molecule has 0 aliphatic rings. The number of aromatic amines is 1. The van der Waals surface area contributed by atoms with Crippen molar-refractivity contribution >= 4 is 17.0 Å². The molecule has 11 heteroatoms. The van der Waals surface area contributed by atoms with E-state index < -0.39 is 12.1 Å². The van der Waals surface area contributed by atoms with Gasteiger partial charge in [0.2, 0.25) is 5.76 Å². The summed E-state index contributed by atoms with van der Waals surface area (Å²) in [5, 5.41) is 11.3. The van der Waals surface area contributed by atoms with Crippen molar-refractivity contribution < 1.29 is 37.1 Å². The van der Waals surface area contributed by atoms with E-state index in [4.69, 9.17) is 23.9 Å². The quantitative estimate of drug-likeness (QED) is 0.369. The van der Waals surface area contributed by atoms with Crippen LogP contribution < -0.4 is 9.47 Å². The van der Waals surface area contributed by atoms with E-state index in [0.29, 0.717) is 11.6 Å². The maximum Gasteiger partial charge on any atom is 0.490 e. The zero-order valence-corrected chi connectivity index (χ0v) is 19.6. The number of imidazole rings is 1. The molecule has 0 saturated carbocycles. The number of rotatable bonds is 4. The molecular formula is C24H24F3N3O5. The van der Waals surface area contributed by atoms with Crippen molar-refractivity contribution in [3.05, 3.63) is 48.2 Å². The Balaban J connectivity index is 0.000000429. The minimum absolute atomic E-state index is 0.0820. The highest BCUT2D eigenvalue weighted by Gasteiger charge is 2.38. The first-order valence-electron chi connectivity index (χ1n) is 10.3. The first-order chi connectivity index (χ1) is 16.3. The summed E-state index contributed by atoms with van der Waals surface area (Å²) in [4.78, 5) is 16.9. The van der Waals surface area contributed by atoms with Gasteiger partial charge >= 0.3 is 12.1 Å². The number of H-pyrrole nitrogens is 1. The van der Waals surface area contributed by atoms with E-state index in [9.17, 15) is 13.2 Å². The van der Waals surface area contributed by atoms with Gasteiger partial charge in [-0.05, 0) is 29.8 Å². The molecule has 0 amide bonds. The van der Waals surface area contributed by atoms with Gasteiger partial charge in [0.05, 0.1) is 36.5 Å². The highest BCUT2D eigenvalue weighted by molar-refractivity contribution is 5.87. The van der Waals surface area contributed by atoms with Crippen LogP contribution in [0.3, 0.4) is 0 Å². The largest absolute Gasteiger partial charge is 0.496 e. The first kappa shape index (κ1) is 25.6. The second-order valence-corrected chi connectivity index (χ2v) is 8.48. The van der Waals surface area contributed by atoms with Crippen LogP contribution in [-0.4, -0.2) is 46.6 Å². The third kappa shape index (κ3) is 5.73. The molecule has 0 radical (unpaired) electrons.